The van der Waals surface area contributed by atoms with E-state index in [1.165, 1.54) is 6.07 Å². The first-order valence-corrected chi connectivity index (χ1v) is 10.1. The van der Waals surface area contributed by atoms with Crippen LogP contribution >= 0.6 is 0 Å². The summed E-state index contributed by atoms with van der Waals surface area (Å²) in [6.07, 6.45) is 2.60. The quantitative estimate of drug-likeness (QED) is 0.412. The molecule has 1 aromatic heterocycles. The summed E-state index contributed by atoms with van der Waals surface area (Å²) >= 11 is 0. The van der Waals surface area contributed by atoms with Crippen LogP contribution in [0.25, 0.3) is 10.9 Å². The van der Waals surface area contributed by atoms with Gasteiger partial charge in [-0.05, 0) is 36.2 Å². The number of hydrogen-bond acceptors (Lipinski definition) is 2. The number of anilines is 1. The molecule has 2 amide bonds. The lowest BCUT2D eigenvalue weighted by Crippen LogP contribution is -2.36. The molecule has 0 saturated carbocycles. The SMILES string of the molecule is COc1ccccc1NC(=O)N(CCc1c[nH]c2ccccc12)Cc1ccccc1F. The summed E-state index contributed by atoms with van der Waals surface area (Å²) in [5.41, 5.74) is 3.20. The Labute approximate surface area is 180 Å². The van der Waals surface area contributed by atoms with Crippen molar-refractivity contribution in [2.75, 3.05) is 19.0 Å². The van der Waals surface area contributed by atoms with E-state index in [0.717, 1.165) is 16.5 Å². The molecule has 0 atom stereocenters. The van der Waals surface area contributed by atoms with Crippen LogP contribution in [0.15, 0.2) is 79.0 Å². The molecule has 31 heavy (non-hydrogen) atoms. The van der Waals surface area contributed by atoms with Gasteiger partial charge in [-0.1, -0.05) is 48.5 Å². The number of rotatable bonds is 7. The number of H-pyrrole nitrogens is 1. The molecule has 4 rings (SSSR count). The van der Waals surface area contributed by atoms with Crippen molar-refractivity contribution in [1.29, 1.82) is 0 Å². The van der Waals surface area contributed by atoms with Crippen LogP contribution < -0.4 is 10.1 Å². The zero-order chi connectivity index (χ0) is 21.6. The Balaban J connectivity index is 1.56. The van der Waals surface area contributed by atoms with E-state index in [1.54, 1.807) is 42.3 Å². The molecule has 0 aliphatic carbocycles. The molecular weight excluding hydrogens is 393 g/mol. The van der Waals surface area contributed by atoms with Gasteiger partial charge in [0, 0.05) is 29.2 Å². The standard InChI is InChI=1S/C25H24FN3O2/c1-31-24-13-7-6-12-23(24)28-25(30)29(17-19-8-2-4-10-21(19)26)15-14-18-16-27-22-11-5-3-9-20(18)22/h2-13,16,27H,14-15,17H2,1H3,(H,28,30). The molecular formula is C25H24FN3O2. The molecule has 158 valence electrons. The Hall–Kier alpha value is -3.80. The monoisotopic (exact) mass is 417 g/mol. The number of ether oxygens (including phenoxy) is 1. The number of urea groups is 1. The average Bonchev–Trinajstić information content (AvgIpc) is 3.21. The molecule has 2 N–H and O–H groups in total. The highest BCUT2D eigenvalue weighted by Crippen LogP contribution is 2.24. The van der Waals surface area contributed by atoms with Crippen molar-refractivity contribution < 1.29 is 13.9 Å². The van der Waals surface area contributed by atoms with E-state index in [9.17, 15) is 9.18 Å². The van der Waals surface area contributed by atoms with E-state index >= 15 is 0 Å². The van der Waals surface area contributed by atoms with Gasteiger partial charge in [-0.25, -0.2) is 9.18 Å². The first-order valence-electron chi connectivity index (χ1n) is 10.1. The van der Waals surface area contributed by atoms with Gasteiger partial charge in [-0.3, -0.25) is 0 Å². The third-order valence-corrected chi connectivity index (χ3v) is 5.28. The number of halogens is 1. The number of aromatic amines is 1. The van der Waals surface area contributed by atoms with Crippen LogP contribution in [0.1, 0.15) is 11.1 Å². The molecule has 0 unspecified atom stereocenters. The number of methoxy groups -OCH3 is 1. The van der Waals surface area contributed by atoms with Crippen molar-refractivity contribution in [1.82, 2.24) is 9.88 Å². The van der Waals surface area contributed by atoms with Crippen molar-refractivity contribution in [2.24, 2.45) is 0 Å². The predicted molar refractivity (Wildman–Crippen MR) is 121 cm³/mol. The molecule has 0 spiro atoms. The maximum Gasteiger partial charge on any atom is 0.322 e. The second kappa shape index (κ2) is 9.34. The molecule has 0 aliphatic rings. The number of benzene rings is 3. The maximum absolute atomic E-state index is 14.3. The Morgan fingerprint density at radius 1 is 1.00 bits per heavy atom. The number of para-hydroxylation sites is 3. The number of nitrogens with one attached hydrogen (secondary N) is 2. The normalized spacial score (nSPS) is 10.8. The van der Waals surface area contributed by atoms with Gasteiger partial charge in [-0.15, -0.1) is 0 Å². The number of amides is 2. The van der Waals surface area contributed by atoms with Gasteiger partial charge < -0.3 is 19.9 Å². The molecule has 1 heterocycles. The number of hydrogen-bond donors (Lipinski definition) is 2. The minimum absolute atomic E-state index is 0.163. The Morgan fingerprint density at radius 2 is 1.74 bits per heavy atom. The Kier molecular flexibility index (Phi) is 6.17. The van der Waals surface area contributed by atoms with Crippen molar-refractivity contribution in [3.63, 3.8) is 0 Å². The van der Waals surface area contributed by atoms with Gasteiger partial charge in [0.25, 0.3) is 0 Å². The second-order valence-corrected chi connectivity index (χ2v) is 7.25. The fourth-order valence-corrected chi connectivity index (χ4v) is 3.62. The smallest absolute Gasteiger partial charge is 0.322 e. The van der Waals surface area contributed by atoms with Crippen LogP contribution in [0.5, 0.6) is 5.75 Å². The summed E-state index contributed by atoms with van der Waals surface area (Å²) in [6.45, 7) is 0.590. The molecule has 5 nitrogen and oxygen atoms in total. The fourth-order valence-electron chi connectivity index (χ4n) is 3.62. The van der Waals surface area contributed by atoms with E-state index < -0.39 is 0 Å². The van der Waals surface area contributed by atoms with E-state index in [2.05, 4.69) is 16.4 Å². The van der Waals surface area contributed by atoms with Crippen LogP contribution in [0.4, 0.5) is 14.9 Å². The molecule has 3 aromatic carbocycles. The predicted octanol–water partition coefficient (Wildman–Crippen LogP) is 5.59. The van der Waals surface area contributed by atoms with E-state index in [-0.39, 0.29) is 18.4 Å². The van der Waals surface area contributed by atoms with E-state index in [1.807, 2.05) is 36.5 Å². The van der Waals surface area contributed by atoms with Crippen molar-refractivity contribution in [3.8, 4) is 5.75 Å². The van der Waals surface area contributed by atoms with E-state index in [4.69, 9.17) is 4.74 Å². The van der Waals surface area contributed by atoms with Gasteiger partial charge in [0.05, 0.1) is 19.3 Å². The van der Waals surface area contributed by atoms with Crippen molar-refractivity contribution in [2.45, 2.75) is 13.0 Å². The summed E-state index contributed by atoms with van der Waals surface area (Å²) < 4.78 is 19.6. The number of carbonyl (C=O) groups is 1. The molecule has 6 heteroatoms. The average molecular weight is 417 g/mol. The Morgan fingerprint density at radius 3 is 2.58 bits per heavy atom. The third kappa shape index (κ3) is 4.69. The largest absolute Gasteiger partial charge is 0.495 e. The summed E-state index contributed by atoms with van der Waals surface area (Å²) in [4.78, 5) is 18.0. The lowest BCUT2D eigenvalue weighted by Gasteiger charge is -2.24. The minimum atomic E-state index is -0.329. The summed E-state index contributed by atoms with van der Waals surface area (Å²) in [7, 11) is 1.55. The van der Waals surface area contributed by atoms with Gasteiger partial charge >= 0.3 is 6.03 Å². The number of fused-ring (bicyclic) bond motifs is 1. The summed E-state index contributed by atoms with van der Waals surface area (Å²) in [5, 5.41) is 4.02. The van der Waals surface area contributed by atoms with Gasteiger partial charge in [0.15, 0.2) is 0 Å². The third-order valence-electron chi connectivity index (χ3n) is 5.28. The Bertz CT molecular complexity index is 1190. The highest BCUT2D eigenvalue weighted by Gasteiger charge is 2.18. The van der Waals surface area contributed by atoms with Crippen molar-refractivity contribution >= 4 is 22.6 Å². The van der Waals surface area contributed by atoms with Gasteiger partial charge in [0.1, 0.15) is 11.6 Å². The second-order valence-electron chi connectivity index (χ2n) is 7.25. The highest BCUT2D eigenvalue weighted by molar-refractivity contribution is 5.91. The topological polar surface area (TPSA) is 57.4 Å². The number of carbonyl (C=O) groups excluding carboxylic acids is 1. The molecule has 0 saturated heterocycles. The van der Waals surface area contributed by atoms with Crippen LogP contribution in [0.3, 0.4) is 0 Å². The van der Waals surface area contributed by atoms with E-state index in [0.29, 0.717) is 30.0 Å². The van der Waals surface area contributed by atoms with Gasteiger partial charge in [0.2, 0.25) is 0 Å². The molecule has 0 radical (unpaired) electrons. The molecule has 0 fully saturated rings. The highest BCUT2D eigenvalue weighted by atomic mass is 19.1. The first-order chi connectivity index (χ1) is 15.2. The lowest BCUT2D eigenvalue weighted by atomic mass is 10.1. The zero-order valence-electron chi connectivity index (χ0n) is 17.3. The lowest BCUT2D eigenvalue weighted by molar-refractivity contribution is 0.209. The summed E-state index contributed by atoms with van der Waals surface area (Å²) in [5.74, 6) is 0.239. The van der Waals surface area contributed by atoms with Crippen LogP contribution in [0, 0.1) is 5.82 Å². The van der Waals surface area contributed by atoms with Crippen LogP contribution in [-0.2, 0) is 13.0 Å². The number of nitrogens with zero attached hydrogens (tertiary/aromatic N) is 1. The molecule has 0 bridgehead atoms. The first kappa shape index (κ1) is 20.5. The van der Waals surface area contributed by atoms with Crippen molar-refractivity contribution in [3.05, 3.63) is 95.9 Å². The number of aromatic nitrogens is 1. The zero-order valence-corrected chi connectivity index (χ0v) is 17.3. The fraction of sp³-hybridized carbons (Fsp3) is 0.160. The molecule has 4 aromatic rings. The summed E-state index contributed by atoms with van der Waals surface area (Å²) in [6, 6.07) is 21.5. The van der Waals surface area contributed by atoms with Crippen LogP contribution in [-0.4, -0.2) is 29.6 Å². The van der Waals surface area contributed by atoms with Crippen LogP contribution in [0.2, 0.25) is 0 Å². The minimum Gasteiger partial charge on any atom is -0.495 e. The molecule has 0 aliphatic heterocycles. The maximum atomic E-state index is 14.3. The van der Waals surface area contributed by atoms with Gasteiger partial charge in [-0.2, -0.15) is 0 Å².